The summed E-state index contributed by atoms with van der Waals surface area (Å²) in [5.74, 6) is 0.0868. The molecule has 25 heavy (non-hydrogen) atoms. The highest BCUT2D eigenvalue weighted by Crippen LogP contribution is 2.28. The summed E-state index contributed by atoms with van der Waals surface area (Å²) in [6.45, 7) is 4.39. The van der Waals surface area contributed by atoms with Gasteiger partial charge < -0.3 is 4.90 Å². The molecule has 0 N–H and O–H groups in total. The number of amides is 1. The Morgan fingerprint density at radius 3 is 2.16 bits per heavy atom. The van der Waals surface area contributed by atoms with Gasteiger partial charge in [-0.25, -0.2) is 8.42 Å². The molecule has 3 rings (SSSR count). The zero-order valence-corrected chi connectivity index (χ0v) is 15.2. The highest BCUT2D eigenvalue weighted by Gasteiger charge is 2.28. The van der Waals surface area contributed by atoms with Gasteiger partial charge in [0.2, 0.25) is 5.91 Å². The molecule has 1 fully saturated rings. The highest BCUT2D eigenvalue weighted by molar-refractivity contribution is 7.92. The molecule has 2 aromatic rings. The molecule has 6 heteroatoms. The van der Waals surface area contributed by atoms with Gasteiger partial charge in [-0.1, -0.05) is 18.2 Å². The van der Waals surface area contributed by atoms with Crippen molar-refractivity contribution in [3.05, 3.63) is 54.6 Å². The van der Waals surface area contributed by atoms with E-state index in [9.17, 15) is 13.2 Å². The molecule has 1 saturated heterocycles. The Labute approximate surface area is 148 Å². The number of nitrogens with zero attached hydrogens (tertiary/aromatic N) is 2. The van der Waals surface area contributed by atoms with E-state index in [4.69, 9.17) is 0 Å². The molecule has 5 nitrogen and oxygen atoms in total. The SMILES string of the molecule is CC(C)N(c1ccccc1)S(=O)(=O)c1ccc(N2CCCC2=O)cc1. The number of carbonyl (C=O) groups is 1. The van der Waals surface area contributed by atoms with Gasteiger partial charge in [0, 0.05) is 24.7 Å². The summed E-state index contributed by atoms with van der Waals surface area (Å²) in [5, 5.41) is 0. The number of anilines is 2. The Kier molecular flexibility index (Phi) is 4.81. The number of hydrogen-bond acceptors (Lipinski definition) is 3. The van der Waals surface area contributed by atoms with Crippen molar-refractivity contribution in [1.29, 1.82) is 0 Å². The Morgan fingerprint density at radius 2 is 1.64 bits per heavy atom. The third-order valence-electron chi connectivity index (χ3n) is 4.26. The van der Waals surface area contributed by atoms with Crippen molar-refractivity contribution in [2.75, 3.05) is 15.7 Å². The minimum Gasteiger partial charge on any atom is -0.312 e. The van der Waals surface area contributed by atoms with Gasteiger partial charge in [-0.05, 0) is 56.7 Å². The van der Waals surface area contributed by atoms with Crippen molar-refractivity contribution >= 4 is 27.3 Å². The Balaban J connectivity index is 1.94. The van der Waals surface area contributed by atoms with Crippen LogP contribution < -0.4 is 9.21 Å². The van der Waals surface area contributed by atoms with Crippen LogP contribution in [0.3, 0.4) is 0 Å². The van der Waals surface area contributed by atoms with Gasteiger partial charge >= 0.3 is 0 Å². The predicted molar refractivity (Wildman–Crippen MR) is 99.3 cm³/mol. The predicted octanol–water partition coefficient (Wildman–Crippen LogP) is 3.42. The van der Waals surface area contributed by atoms with Crippen molar-refractivity contribution in [3.8, 4) is 0 Å². The summed E-state index contributed by atoms with van der Waals surface area (Å²) < 4.78 is 27.7. The fourth-order valence-corrected chi connectivity index (χ4v) is 4.78. The zero-order chi connectivity index (χ0) is 18.0. The fourth-order valence-electron chi connectivity index (χ4n) is 3.12. The molecule has 132 valence electrons. The molecule has 0 spiro atoms. The maximum atomic E-state index is 13.1. The van der Waals surface area contributed by atoms with Gasteiger partial charge in [-0.15, -0.1) is 0 Å². The van der Waals surface area contributed by atoms with E-state index in [0.29, 0.717) is 18.7 Å². The van der Waals surface area contributed by atoms with Gasteiger partial charge in [0.1, 0.15) is 0 Å². The van der Waals surface area contributed by atoms with Crippen LogP contribution in [0.15, 0.2) is 59.5 Å². The van der Waals surface area contributed by atoms with Crippen LogP contribution in [0, 0.1) is 0 Å². The second kappa shape index (κ2) is 6.88. The molecular formula is C19H22N2O3S. The van der Waals surface area contributed by atoms with Crippen molar-refractivity contribution in [3.63, 3.8) is 0 Å². The van der Waals surface area contributed by atoms with E-state index < -0.39 is 10.0 Å². The molecule has 0 aliphatic carbocycles. The van der Waals surface area contributed by atoms with Crippen LogP contribution in [-0.4, -0.2) is 26.9 Å². The van der Waals surface area contributed by atoms with Crippen LogP contribution in [0.5, 0.6) is 0 Å². The van der Waals surface area contributed by atoms with E-state index in [-0.39, 0.29) is 16.8 Å². The lowest BCUT2D eigenvalue weighted by molar-refractivity contribution is -0.117. The number of rotatable bonds is 5. The standard InChI is InChI=1S/C19H22N2O3S/c1-15(2)21(17-7-4-3-5-8-17)25(23,24)18-12-10-16(11-13-18)20-14-6-9-19(20)22/h3-5,7-8,10-13,15H,6,9,14H2,1-2H3. The molecule has 1 amide bonds. The first kappa shape index (κ1) is 17.5. The molecule has 1 heterocycles. The first-order chi connectivity index (χ1) is 11.9. The van der Waals surface area contributed by atoms with E-state index in [2.05, 4.69) is 0 Å². The quantitative estimate of drug-likeness (QED) is 0.823. The van der Waals surface area contributed by atoms with E-state index in [1.54, 1.807) is 41.3 Å². The van der Waals surface area contributed by atoms with E-state index in [1.807, 2.05) is 32.0 Å². The molecule has 0 bridgehead atoms. The van der Waals surface area contributed by atoms with Gasteiger partial charge in [-0.2, -0.15) is 0 Å². The number of benzene rings is 2. The van der Waals surface area contributed by atoms with E-state index >= 15 is 0 Å². The monoisotopic (exact) mass is 358 g/mol. The van der Waals surface area contributed by atoms with Crippen LogP contribution >= 0.6 is 0 Å². The minimum atomic E-state index is -3.68. The zero-order valence-electron chi connectivity index (χ0n) is 14.4. The minimum absolute atomic E-state index is 0.0868. The molecule has 1 aliphatic heterocycles. The Bertz CT molecular complexity index is 846. The van der Waals surface area contributed by atoms with Gasteiger partial charge in [0.15, 0.2) is 0 Å². The van der Waals surface area contributed by atoms with E-state index in [0.717, 1.165) is 12.1 Å². The van der Waals surface area contributed by atoms with Crippen molar-refractivity contribution < 1.29 is 13.2 Å². The topological polar surface area (TPSA) is 57.7 Å². The van der Waals surface area contributed by atoms with Crippen LogP contribution in [0.4, 0.5) is 11.4 Å². The Hall–Kier alpha value is -2.34. The van der Waals surface area contributed by atoms with Gasteiger partial charge in [0.25, 0.3) is 10.0 Å². The number of sulfonamides is 1. The first-order valence-electron chi connectivity index (χ1n) is 8.41. The lowest BCUT2D eigenvalue weighted by Crippen LogP contribution is -2.37. The number of carbonyl (C=O) groups excluding carboxylic acids is 1. The normalized spacial score (nSPS) is 15.0. The molecule has 2 aromatic carbocycles. The highest BCUT2D eigenvalue weighted by atomic mass is 32.2. The summed E-state index contributed by atoms with van der Waals surface area (Å²) in [6, 6.07) is 15.4. The van der Waals surface area contributed by atoms with Crippen LogP contribution in [0.1, 0.15) is 26.7 Å². The smallest absolute Gasteiger partial charge is 0.264 e. The lowest BCUT2D eigenvalue weighted by atomic mass is 10.3. The second-order valence-corrected chi connectivity index (χ2v) is 8.19. The molecular weight excluding hydrogens is 336 g/mol. The summed E-state index contributed by atoms with van der Waals surface area (Å²) >= 11 is 0. The number of para-hydroxylation sites is 1. The van der Waals surface area contributed by atoms with Crippen LogP contribution in [0.2, 0.25) is 0 Å². The largest absolute Gasteiger partial charge is 0.312 e. The van der Waals surface area contributed by atoms with Crippen molar-refractivity contribution in [2.45, 2.75) is 37.6 Å². The number of hydrogen-bond donors (Lipinski definition) is 0. The summed E-state index contributed by atoms with van der Waals surface area (Å²) in [4.78, 5) is 13.8. The maximum absolute atomic E-state index is 13.1. The molecule has 0 unspecified atom stereocenters. The average molecular weight is 358 g/mol. The van der Waals surface area contributed by atoms with Crippen LogP contribution in [-0.2, 0) is 14.8 Å². The second-order valence-electron chi connectivity index (χ2n) is 6.37. The van der Waals surface area contributed by atoms with E-state index in [1.165, 1.54) is 4.31 Å². The Morgan fingerprint density at radius 1 is 1.00 bits per heavy atom. The third-order valence-corrected chi connectivity index (χ3v) is 6.28. The summed E-state index contributed by atoms with van der Waals surface area (Å²) in [6.07, 6.45) is 1.39. The molecule has 0 atom stereocenters. The van der Waals surface area contributed by atoms with Gasteiger partial charge in [-0.3, -0.25) is 9.10 Å². The summed E-state index contributed by atoms with van der Waals surface area (Å²) in [5.41, 5.74) is 1.38. The maximum Gasteiger partial charge on any atom is 0.264 e. The molecule has 1 aliphatic rings. The first-order valence-corrected chi connectivity index (χ1v) is 9.85. The van der Waals surface area contributed by atoms with Crippen molar-refractivity contribution in [2.24, 2.45) is 0 Å². The fraction of sp³-hybridized carbons (Fsp3) is 0.316. The molecule has 0 radical (unpaired) electrons. The molecule has 0 saturated carbocycles. The average Bonchev–Trinajstić information content (AvgIpc) is 3.01. The summed E-state index contributed by atoms with van der Waals surface area (Å²) in [7, 11) is -3.68. The van der Waals surface area contributed by atoms with Gasteiger partial charge in [0.05, 0.1) is 10.6 Å². The lowest BCUT2D eigenvalue weighted by Gasteiger charge is -2.28. The van der Waals surface area contributed by atoms with Crippen LogP contribution in [0.25, 0.3) is 0 Å². The molecule has 0 aromatic heterocycles. The van der Waals surface area contributed by atoms with Crippen molar-refractivity contribution in [1.82, 2.24) is 0 Å². The third kappa shape index (κ3) is 3.39.